The molecule has 0 amide bonds. The summed E-state index contributed by atoms with van der Waals surface area (Å²) in [6.45, 7) is 0. The minimum Gasteiger partial charge on any atom is -0.506 e. The molecule has 1 aliphatic rings. The highest BCUT2D eigenvalue weighted by Crippen LogP contribution is 2.57. The molecule has 25 heavy (non-hydrogen) atoms. The molecule has 6 N–H and O–H groups in total. The van der Waals surface area contributed by atoms with Crippen molar-refractivity contribution >= 4 is 45.7 Å². The number of carboxylic acids is 1. The predicted octanol–water partition coefficient (Wildman–Crippen LogP) is 3.59. The Labute approximate surface area is 149 Å². The lowest BCUT2D eigenvalue weighted by Crippen LogP contribution is -2.27. The number of benzene rings is 2. The second-order valence-electron chi connectivity index (χ2n) is 5.28. The van der Waals surface area contributed by atoms with E-state index in [1.54, 1.807) is 24.3 Å². The van der Waals surface area contributed by atoms with Crippen molar-refractivity contribution in [2.24, 2.45) is 4.40 Å². The molecule has 10 heteroatoms. The maximum Gasteiger partial charge on any atom is 0.307 e. The fraction of sp³-hybridized carbons (Fsp3) is 0.0667. The Bertz CT molecular complexity index is 887. The highest BCUT2D eigenvalue weighted by atomic mass is 35.5. The first-order chi connectivity index (χ1) is 11.7. The van der Waals surface area contributed by atoms with Crippen LogP contribution in [0.3, 0.4) is 0 Å². The number of carboxylic acid groups (broad SMARTS) is 1. The van der Waals surface area contributed by atoms with Crippen molar-refractivity contribution in [2.45, 2.75) is 11.3 Å². The van der Waals surface area contributed by atoms with Gasteiger partial charge >= 0.3 is 5.97 Å². The lowest BCUT2D eigenvalue weighted by molar-refractivity contribution is -0.136. The smallest absolute Gasteiger partial charge is 0.307 e. The van der Waals surface area contributed by atoms with E-state index >= 15 is 0 Å². The van der Waals surface area contributed by atoms with Crippen LogP contribution in [-0.4, -0.2) is 31.2 Å². The van der Waals surface area contributed by atoms with E-state index < -0.39 is 16.7 Å². The predicted molar refractivity (Wildman–Crippen MR) is 96.7 cm³/mol. The summed E-state index contributed by atoms with van der Waals surface area (Å²) in [5.41, 5.74) is 1.15. The van der Waals surface area contributed by atoms with Crippen molar-refractivity contribution in [3.05, 3.63) is 47.0 Å². The first-order valence-corrected chi connectivity index (χ1v) is 8.88. The maximum absolute atomic E-state index is 10.8. The molecule has 0 unspecified atom stereocenters. The van der Waals surface area contributed by atoms with E-state index in [1.807, 2.05) is 0 Å². The Morgan fingerprint density at radius 2 is 2.04 bits per heavy atom. The van der Waals surface area contributed by atoms with Crippen LogP contribution in [0.4, 0.5) is 11.4 Å². The molecule has 0 saturated carbocycles. The van der Waals surface area contributed by atoms with E-state index in [1.165, 1.54) is 12.1 Å². The van der Waals surface area contributed by atoms with Gasteiger partial charge in [-0.1, -0.05) is 34.5 Å². The van der Waals surface area contributed by atoms with Gasteiger partial charge in [0.1, 0.15) is 16.3 Å². The molecule has 132 valence electrons. The molecule has 1 heterocycles. The van der Waals surface area contributed by atoms with E-state index in [2.05, 4.69) is 15.0 Å². The fourth-order valence-electron chi connectivity index (χ4n) is 2.35. The molecule has 2 aromatic rings. The number of carbonyl (C=O) groups is 1. The van der Waals surface area contributed by atoms with Gasteiger partial charge in [0, 0.05) is 16.8 Å². The van der Waals surface area contributed by atoms with Gasteiger partial charge in [-0.15, -0.1) is 4.40 Å². The summed E-state index contributed by atoms with van der Waals surface area (Å²) >= 11 is 5.83. The maximum atomic E-state index is 10.8. The zero-order valence-electron chi connectivity index (χ0n) is 12.6. The zero-order chi connectivity index (χ0) is 18.2. The number of phenolic OH excluding ortho intramolecular Hbond substituents is 1. The largest absolute Gasteiger partial charge is 0.506 e. The summed E-state index contributed by atoms with van der Waals surface area (Å²) in [6, 6.07) is 9.16. The van der Waals surface area contributed by atoms with Crippen LogP contribution in [0.1, 0.15) is 5.56 Å². The van der Waals surface area contributed by atoms with Crippen LogP contribution in [0, 0.1) is 0 Å². The monoisotopic (exact) mass is 383 g/mol. The van der Waals surface area contributed by atoms with Crippen LogP contribution in [0.5, 0.6) is 5.75 Å². The Kier molecular flexibility index (Phi) is 4.48. The number of guanidine groups is 1. The van der Waals surface area contributed by atoms with E-state index in [0.717, 1.165) is 0 Å². The molecule has 0 fully saturated rings. The zero-order valence-corrected chi connectivity index (χ0v) is 14.2. The summed E-state index contributed by atoms with van der Waals surface area (Å²) in [7, 11) is -3.56. The third kappa shape index (κ3) is 3.80. The number of halogens is 1. The minimum absolute atomic E-state index is 0.00222. The summed E-state index contributed by atoms with van der Waals surface area (Å²) in [6.07, 6.45) is -0.146. The first kappa shape index (κ1) is 17.4. The number of aromatic hydroxyl groups is 1. The van der Waals surface area contributed by atoms with Crippen molar-refractivity contribution in [1.29, 1.82) is 0 Å². The molecule has 1 aliphatic heterocycles. The number of hydrogen-bond donors (Lipinski definition) is 6. The number of fused-ring (bicyclic) bond motifs is 1. The Hall–Kier alpha value is -2.46. The molecule has 0 spiro atoms. The average Bonchev–Trinajstić information content (AvgIpc) is 2.48. The molecule has 0 saturated heterocycles. The van der Waals surface area contributed by atoms with Gasteiger partial charge < -0.3 is 20.8 Å². The van der Waals surface area contributed by atoms with Gasteiger partial charge in [0.25, 0.3) is 0 Å². The Morgan fingerprint density at radius 3 is 2.76 bits per heavy atom. The number of anilines is 2. The minimum atomic E-state index is -3.56. The van der Waals surface area contributed by atoms with Crippen LogP contribution < -0.4 is 10.6 Å². The first-order valence-electron chi connectivity index (χ1n) is 7.00. The highest BCUT2D eigenvalue weighted by molar-refractivity contribution is 8.23. The van der Waals surface area contributed by atoms with Gasteiger partial charge in [-0.25, -0.2) is 0 Å². The number of hydrogen-bond acceptors (Lipinski definition) is 7. The van der Waals surface area contributed by atoms with Crippen LogP contribution >= 0.6 is 22.4 Å². The number of aliphatic carboxylic acids is 1. The van der Waals surface area contributed by atoms with E-state index in [9.17, 15) is 19.0 Å². The molecule has 0 aliphatic carbocycles. The summed E-state index contributed by atoms with van der Waals surface area (Å²) in [4.78, 5) is 10.8. The Balaban J connectivity index is 1.90. The lowest BCUT2D eigenvalue weighted by atomic mass is 10.1. The molecule has 3 rings (SSSR count). The van der Waals surface area contributed by atoms with Crippen LogP contribution in [0.25, 0.3) is 0 Å². The Morgan fingerprint density at radius 1 is 1.28 bits per heavy atom. The van der Waals surface area contributed by atoms with E-state index in [0.29, 0.717) is 11.3 Å². The lowest BCUT2D eigenvalue weighted by Gasteiger charge is -2.34. The third-order valence-electron chi connectivity index (χ3n) is 3.35. The second-order valence-corrected chi connectivity index (χ2v) is 7.37. The number of phenols is 1. The standard InChI is InChI=1S/C15H14ClN3O5S/c16-9-6-11(20)14-12(7-9)25(23,24)19-15(18-14)17-10-3-1-2-8(4-10)5-13(21)22/h1-4,6-7,20,23-24H,5H2,(H,21,22)(H2,17,18,19). The van der Waals surface area contributed by atoms with Gasteiger partial charge in [-0.2, -0.15) is 0 Å². The summed E-state index contributed by atoms with van der Waals surface area (Å²) < 4.78 is 24.3. The van der Waals surface area contributed by atoms with Crippen LogP contribution in [-0.2, 0) is 11.2 Å². The quantitative estimate of drug-likeness (QED) is 0.446. The van der Waals surface area contributed by atoms with E-state index in [-0.39, 0.29) is 33.7 Å². The number of rotatable bonds is 3. The van der Waals surface area contributed by atoms with Crippen LogP contribution in [0.2, 0.25) is 5.02 Å². The van der Waals surface area contributed by atoms with E-state index in [4.69, 9.17) is 16.7 Å². The molecule has 0 atom stereocenters. The third-order valence-corrected chi connectivity index (χ3v) is 4.92. The van der Waals surface area contributed by atoms with Gasteiger partial charge in [0.15, 0.2) is 0 Å². The van der Waals surface area contributed by atoms with Crippen molar-refractivity contribution in [1.82, 2.24) is 0 Å². The van der Waals surface area contributed by atoms with Gasteiger partial charge in [0.05, 0.1) is 6.42 Å². The average molecular weight is 384 g/mol. The summed E-state index contributed by atoms with van der Waals surface area (Å²) in [5.74, 6) is -1.22. The van der Waals surface area contributed by atoms with Crippen molar-refractivity contribution < 1.29 is 24.1 Å². The molecule has 0 bridgehead atoms. The van der Waals surface area contributed by atoms with Gasteiger partial charge in [-0.3, -0.25) is 13.9 Å². The number of nitrogens with zero attached hydrogens (tertiary/aromatic N) is 1. The molecular formula is C15H14ClN3O5S. The topological polar surface area (TPSA) is 134 Å². The van der Waals surface area contributed by atoms with Crippen molar-refractivity contribution in [3.63, 3.8) is 0 Å². The highest BCUT2D eigenvalue weighted by Gasteiger charge is 2.28. The molecule has 8 nitrogen and oxygen atoms in total. The normalized spacial score (nSPS) is 16.2. The molecular weight excluding hydrogens is 370 g/mol. The molecule has 0 aromatic heterocycles. The second kappa shape index (κ2) is 6.45. The van der Waals surface area contributed by atoms with Crippen molar-refractivity contribution in [3.8, 4) is 5.75 Å². The molecule has 2 aromatic carbocycles. The molecule has 0 radical (unpaired) electrons. The van der Waals surface area contributed by atoms with Gasteiger partial charge in [-0.05, 0) is 23.8 Å². The fourth-order valence-corrected chi connectivity index (χ4v) is 3.79. The van der Waals surface area contributed by atoms with Crippen LogP contribution in [0.15, 0.2) is 45.7 Å². The number of nitrogens with one attached hydrogen (secondary N) is 2. The van der Waals surface area contributed by atoms with Gasteiger partial charge in [0.2, 0.25) is 5.96 Å². The summed E-state index contributed by atoms with van der Waals surface area (Å²) in [5, 5.41) is 24.6. The van der Waals surface area contributed by atoms with Crippen molar-refractivity contribution in [2.75, 3.05) is 10.6 Å². The SMILES string of the molecule is O=C(O)Cc1cccc(NC2=NS(O)(O)c3cc(Cl)cc(O)c3N2)c1.